The second-order valence-corrected chi connectivity index (χ2v) is 6.80. The summed E-state index contributed by atoms with van der Waals surface area (Å²) in [5.74, 6) is 1.07. The van der Waals surface area contributed by atoms with Crippen LogP contribution in [0, 0.1) is 6.92 Å². The summed E-state index contributed by atoms with van der Waals surface area (Å²) >= 11 is 0. The van der Waals surface area contributed by atoms with E-state index in [1.165, 1.54) is 42.5 Å². The fourth-order valence-electron chi connectivity index (χ4n) is 3.92. The minimum absolute atomic E-state index is 0.0523. The van der Waals surface area contributed by atoms with E-state index in [9.17, 15) is 0 Å². The van der Waals surface area contributed by atoms with Crippen molar-refractivity contribution in [1.29, 1.82) is 0 Å². The van der Waals surface area contributed by atoms with Gasteiger partial charge in [-0.25, -0.2) is 0 Å². The molecule has 1 saturated carbocycles. The molecule has 0 bridgehead atoms. The molecule has 1 heterocycles. The maximum atomic E-state index is 6.43. The van der Waals surface area contributed by atoms with Gasteiger partial charge in [0.15, 0.2) is 0 Å². The van der Waals surface area contributed by atoms with Crippen molar-refractivity contribution in [3.63, 3.8) is 0 Å². The second-order valence-electron chi connectivity index (χ2n) is 6.80. The molecule has 1 atom stereocenters. The average Bonchev–Trinajstić information content (AvgIpc) is 2.97. The van der Waals surface area contributed by atoms with Gasteiger partial charge in [0.2, 0.25) is 0 Å². The zero-order valence-electron chi connectivity index (χ0n) is 13.1. The molecule has 114 valence electrons. The standard InChI is InChI=1S/C20H23NO/c1-15-8-10-16(11-9-15)21-18-14-20(12-4-5-13-20)22-19-7-3-2-6-17(18)19/h2-3,6-11,18,21H,4-5,12-14H2,1H3. The van der Waals surface area contributed by atoms with Crippen LogP contribution in [0.3, 0.4) is 0 Å². The third-order valence-electron chi connectivity index (χ3n) is 5.10. The molecule has 2 aromatic carbocycles. The Morgan fingerprint density at radius 2 is 1.73 bits per heavy atom. The number of anilines is 1. The molecule has 2 aliphatic rings. The Morgan fingerprint density at radius 3 is 2.50 bits per heavy atom. The van der Waals surface area contributed by atoms with Crippen LogP contribution in [0.4, 0.5) is 5.69 Å². The normalized spacial score (nSPS) is 22.1. The number of nitrogens with one attached hydrogen (secondary N) is 1. The van der Waals surface area contributed by atoms with Gasteiger partial charge >= 0.3 is 0 Å². The first-order valence-corrected chi connectivity index (χ1v) is 8.35. The maximum Gasteiger partial charge on any atom is 0.125 e. The largest absolute Gasteiger partial charge is 0.487 e. The molecule has 1 aliphatic heterocycles. The van der Waals surface area contributed by atoms with Crippen molar-refractivity contribution in [1.82, 2.24) is 0 Å². The third-order valence-corrected chi connectivity index (χ3v) is 5.10. The predicted octanol–water partition coefficient (Wildman–Crippen LogP) is 5.24. The minimum Gasteiger partial charge on any atom is -0.487 e. The van der Waals surface area contributed by atoms with Crippen LogP contribution in [0.2, 0.25) is 0 Å². The van der Waals surface area contributed by atoms with E-state index >= 15 is 0 Å². The van der Waals surface area contributed by atoms with Crippen LogP contribution in [-0.4, -0.2) is 5.60 Å². The van der Waals surface area contributed by atoms with Gasteiger partial charge < -0.3 is 10.1 Å². The summed E-state index contributed by atoms with van der Waals surface area (Å²) in [6.45, 7) is 2.13. The van der Waals surface area contributed by atoms with Crippen molar-refractivity contribution in [2.75, 3.05) is 5.32 Å². The molecule has 4 rings (SSSR count). The summed E-state index contributed by atoms with van der Waals surface area (Å²) < 4.78 is 6.43. The summed E-state index contributed by atoms with van der Waals surface area (Å²) in [5.41, 5.74) is 3.84. The number of rotatable bonds is 2. The molecule has 0 amide bonds. The molecule has 0 aromatic heterocycles. The Kier molecular flexibility index (Phi) is 3.33. The highest BCUT2D eigenvalue weighted by atomic mass is 16.5. The Labute approximate surface area is 132 Å². The van der Waals surface area contributed by atoms with Gasteiger partial charge in [0, 0.05) is 17.7 Å². The molecule has 0 radical (unpaired) electrons. The number of ether oxygens (including phenoxy) is 1. The Morgan fingerprint density at radius 1 is 1.00 bits per heavy atom. The van der Waals surface area contributed by atoms with E-state index in [1.807, 2.05) is 0 Å². The first kappa shape index (κ1) is 13.7. The van der Waals surface area contributed by atoms with E-state index in [1.54, 1.807) is 0 Å². The molecule has 1 aliphatic carbocycles. The number of hydrogen-bond donors (Lipinski definition) is 1. The number of fused-ring (bicyclic) bond motifs is 1. The van der Waals surface area contributed by atoms with Crippen molar-refractivity contribution < 1.29 is 4.74 Å². The maximum absolute atomic E-state index is 6.43. The smallest absolute Gasteiger partial charge is 0.125 e. The van der Waals surface area contributed by atoms with E-state index in [2.05, 4.69) is 60.8 Å². The van der Waals surface area contributed by atoms with Crippen LogP contribution in [-0.2, 0) is 0 Å². The molecule has 0 saturated heterocycles. The Hall–Kier alpha value is -1.96. The highest BCUT2D eigenvalue weighted by Crippen LogP contribution is 2.47. The number of hydrogen-bond acceptors (Lipinski definition) is 2. The Balaban J connectivity index is 1.66. The fourth-order valence-corrected chi connectivity index (χ4v) is 3.92. The minimum atomic E-state index is 0.0523. The van der Waals surface area contributed by atoms with Gasteiger partial charge in [-0.05, 0) is 50.8 Å². The van der Waals surface area contributed by atoms with Crippen molar-refractivity contribution in [2.24, 2.45) is 0 Å². The lowest BCUT2D eigenvalue weighted by molar-refractivity contribution is 0.0453. The van der Waals surface area contributed by atoms with Crippen molar-refractivity contribution in [3.8, 4) is 5.75 Å². The molecule has 22 heavy (non-hydrogen) atoms. The van der Waals surface area contributed by atoms with Crippen LogP contribution < -0.4 is 10.1 Å². The van der Waals surface area contributed by atoms with Crippen LogP contribution in [0.1, 0.15) is 49.3 Å². The lowest BCUT2D eigenvalue weighted by Crippen LogP contribution is -2.40. The molecule has 1 spiro atoms. The number of para-hydroxylation sites is 1. The molecule has 2 heteroatoms. The molecule has 2 nitrogen and oxygen atoms in total. The third kappa shape index (κ3) is 2.47. The van der Waals surface area contributed by atoms with Gasteiger partial charge in [0.1, 0.15) is 11.4 Å². The molecule has 2 aromatic rings. The molecular weight excluding hydrogens is 270 g/mol. The van der Waals surface area contributed by atoms with Crippen LogP contribution in [0.5, 0.6) is 5.75 Å². The molecule has 1 unspecified atom stereocenters. The molecular formula is C20H23NO. The quantitative estimate of drug-likeness (QED) is 0.817. The van der Waals surface area contributed by atoms with E-state index < -0.39 is 0 Å². The summed E-state index contributed by atoms with van der Waals surface area (Å²) in [5, 5.41) is 3.74. The predicted molar refractivity (Wildman–Crippen MR) is 90.4 cm³/mol. The average molecular weight is 293 g/mol. The van der Waals surface area contributed by atoms with Crippen LogP contribution >= 0.6 is 0 Å². The topological polar surface area (TPSA) is 21.3 Å². The lowest BCUT2D eigenvalue weighted by atomic mass is 9.86. The van der Waals surface area contributed by atoms with Gasteiger partial charge in [-0.1, -0.05) is 35.9 Å². The lowest BCUT2D eigenvalue weighted by Gasteiger charge is -2.40. The zero-order chi connectivity index (χ0) is 15.0. The van der Waals surface area contributed by atoms with Gasteiger partial charge in [0.25, 0.3) is 0 Å². The molecule has 1 fully saturated rings. The second kappa shape index (κ2) is 5.35. The highest BCUT2D eigenvalue weighted by Gasteiger charge is 2.42. The fraction of sp³-hybridized carbons (Fsp3) is 0.400. The van der Waals surface area contributed by atoms with Crippen LogP contribution in [0.15, 0.2) is 48.5 Å². The number of aryl methyl sites for hydroxylation is 1. The van der Waals surface area contributed by atoms with Gasteiger partial charge in [0.05, 0.1) is 6.04 Å². The van der Waals surface area contributed by atoms with Crippen molar-refractivity contribution in [2.45, 2.75) is 50.7 Å². The van der Waals surface area contributed by atoms with Crippen molar-refractivity contribution >= 4 is 5.69 Å². The van der Waals surface area contributed by atoms with Crippen LogP contribution in [0.25, 0.3) is 0 Å². The summed E-state index contributed by atoms with van der Waals surface area (Å²) in [6.07, 6.45) is 6.03. The van der Waals surface area contributed by atoms with E-state index in [0.717, 1.165) is 12.2 Å². The Bertz CT molecular complexity index is 656. The van der Waals surface area contributed by atoms with Crippen molar-refractivity contribution in [3.05, 3.63) is 59.7 Å². The van der Waals surface area contributed by atoms with E-state index in [-0.39, 0.29) is 5.60 Å². The van der Waals surface area contributed by atoms with Gasteiger partial charge in [-0.15, -0.1) is 0 Å². The number of benzene rings is 2. The first-order chi connectivity index (χ1) is 10.7. The monoisotopic (exact) mass is 293 g/mol. The summed E-state index contributed by atoms with van der Waals surface area (Å²) in [7, 11) is 0. The van der Waals surface area contributed by atoms with E-state index in [4.69, 9.17) is 4.74 Å². The zero-order valence-corrected chi connectivity index (χ0v) is 13.1. The highest BCUT2D eigenvalue weighted by molar-refractivity contribution is 5.50. The summed E-state index contributed by atoms with van der Waals surface area (Å²) in [4.78, 5) is 0. The summed E-state index contributed by atoms with van der Waals surface area (Å²) in [6, 6.07) is 17.5. The van der Waals surface area contributed by atoms with E-state index in [0.29, 0.717) is 6.04 Å². The molecule has 1 N–H and O–H groups in total. The van der Waals surface area contributed by atoms with Gasteiger partial charge in [-0.2, -0.15) is 0 Å². The SMILES string of the molecule is Cc1ccc(NC2CC3(CCCC3)Oc3ccccc32)cc1. The first-order valence-electron chi connectivity index (χ1n) is 8.35. The van der Waals surface area contributed by atoms with Gasteiger partial charge in [-0.3, -0.25) is 0 Å².